The predicted molar refractivity (Wildman–Crippen MR) is 77.2 cm³/mol. The summed E-state index contributed by atoms with van der Waals surface area (Å²) in [4.78, 5) is 0.207. The molecular formula is C15H16NO3S. The smallest absolute Gasteiger partial charge is 0.240 e. The molecule has 0 aliphatic rings. The maximum atomic E-state index is 12.1. The Morgan fingerprint density at radius 2 is 1.95 bits per heavy atom. The van der Waals surface area contributed by atoms with E-state index in [4.69, 9.17) is 4.74 Å². The van der Waals surface area contributed by atoms with Gasteiger partial charge in [0, 0.05) is 12.6 Å². The van der Waals surface area contributed by atoms with Crippen LogP contribution in [0.2, 0.25) is 0 Å². The number of sulfonamides is 1. The lowest BCUT2D eigenvalue weighted by Crippen LogP contribution is -2.26. The van der Waals surface area contributed by atoms with E-state index in [2.05, 4.69) is 10.8 Å². The summed E-state index contributed by atoms with van der Waals surface area (Å²) < 4.78 is 31.8. The van der Waals surface area contributed by atoms with Gasteiger partial charge in [-0.05, 0) is 30.2 Å². The monoisotopic (exact) mass is 290 g/mol. The fraction of sp³-hybridized carbons (Fsp3) is 0.200. The minimum absolute atomic E-state index is 0.207. The van der Waals surface area contributed by atoms with E-state index in [9.17, 15) is 8.42 Å². The second-order valence-electron chi connectivity index (χ2n) is 4.24. The fourth-order valence-electron chi connectivity index (χ4n) is 1.77. The first-order valence-corrected chi connectivity index (χ1v) is 7.69. The summed E-state index contributed by atoms with van der Waals surface area (Å²) in [7, 11) is -2.00. The standard InChI is InChI=1S/C15H16NO3S/c1-19-14-8-5-9-15(12-14)20(17,18)16-11-10-13-6-3-2-4-7-13/h3-9,12,16H,10-11H2,1H3. The Morgan fingerprint density at radius 1 is 1.20 bits per heavy atom. The van der Waals surface area contributed by atoms with Crippen LogP contribution in [-0.4, -0.2) is 22.1 Å². The molecule has 2 aromatic carbocycles. The fourth-order valence-corrected chi connectivity index (χ4v) is 2.84. The number of hydrogen-bond donors (Lipinski definition) is 1. The van der Waals surface area contributed by atoms with Crippen molar-refractivity contribution in [2.45, 2.75) is 11.3 Å². The average molecular weight is 290 g/mol. The quantitative estimate of drug-likeness (QED) is 0.885. The molecule has 0 aliphatic heterocycles. The minimum Gasteiger partial charge on any atom is -0.497 e. The Bertz CT molecular complexity index is 654. The van der Waals surface area contributed by atoms with E-state index < -0.39 is 10.0 Å². The molecule has 0 saturated carbocycles. The van der Waals surface area contributed by atoms with Crippen LogP contribution in [-0.2, 0) is 16.4 Å². The molecular weight excluding hydrogens is 274 g/mol. The zero-order chi connectivity index (χ0) is 14.4. The van der Waals surface area contributed by atoms with Gasteiger partial charge in [-0.15, -0.1) is 0 Å². The molecule has 0 aromatic heterocycles. The highest BCUT2D eigenvalue weighted by atomic mass is 32.2. The maximum Gasteiger partial charge on any atom is 0.240 e. The topological polar surface area (TPSA) is 55.4 Å². The first-order chi connectivity index (χ1) is 9.62. The molecule has 2 rings (SSSR count). The van der Waals surface area contributed by atoms with Gasteiger partial charge in [-0.2, -0.15) is 0 Å². The van der Waals surface area contributed by atoms with Gasteiger partial charge in [0.25, 0.3) is 0 Å². The van der Waals surface area contributed by atoms with Crippen LogP contribution in [0.1, 0.15) is 5.56 Å². The van der Waals surface area contributed by atoms with Crippen molar-refractivity contribution in [2.24, 2.45) is 0 Å². The number of benzene rings is 2. The van der Waals surface area contributed by atoms with Crippen LogP contribution >= 0.6 is 0 Å². The van der Waals surface area contributed by atoms with Gasteiger partial charge in [0.15, 0.2) is 0 Å². The lowest BCUT2D eigenvalue weighted by Gasteiger charge is -2.08. The summed E-state index contributed by atoms with van der Waals surface area (Å²) in [5.41, 5.74) is 1.07. The summed E-state index contributed by atoms with van der Waals surface area (Å²) in [6.07, 6.45) is 0.637. The molecule has 0 atom stereocenters. The van der Waals surface area contributed by atoms with E-state index in [-0.39, 0.29) is 4.90 Å². The largest absolute Gasteiger partial charge is 0.497 e. The molecule has 20 heavy (non-hydrogen) atoms. The average Bonchev–Trinajstić information content (AvgIpc) is 2.48. The van der Waals surface area contributed by atoms with Crippen LogP contribution in [0.25, 0.3) is 0 Å². The van der Waals surface area contributed by atoms with Crippen molar-refractivity contribution in [3.05, 3.63) is 60.2 Å². The van der Waals surface area contributed by atoms with E-state index in [0.29, 0.717) is 18.7 Å². The van der Waals surface area contributed by atoms with Gasteiger partial charge in [0.2, 0.25) is 10.0 Å². The number of nitrogens with one attached hydrogen (secondary N) is 1. The molecule has 0 fully saturated rings. The second kappa shape index (κ2) is 6.54. The summed E-state index contributed by atoms with van der Waals surface area (Å²) in [5.74, 6) is 0.520. The predicted octanol–water partition coefficient (Wildman–Crippen LogP) is 2.02. The van der Waals surface area contributed by atoms with Crippen molar-refractivity contribution in [2.75, 3.05) is 13.7 Å². The lowest BCUT2D eigenvalue weighted by atomic mass is 10.2. The van der Waals surface area contributed by atoms with E-state index in [0.717, 1.165) is 5.56 Å². The number of rotatable bonds is 6. The van der Waals surface area contributed by atoms with E-state index >= 15 is 0 Å². The number of hydrogen-bond acceptors (Lipinski definition) is 3. The van der Waals surface area contributed by atoms with Crippen molar-refractivity contribution in [1.29, 1.82) is 0 Å². The Labute approximate surface area is 119 Å². The van der Waals surface area contributed by atoms with Gasteiger partial charge < -0.3 is 4.74 Å². The van der Waals surface area contributed by atoms with E-state index in [1.807, 2.05) is 24.3 Å². The number of methoxy groups -OCH3 is 1. The minimum atomic E-state index is -3.50. The van der Waals surface area contributed by atoms with Crippen LogP contribution < -0.4 is 9.46 Å². The Hall–Kier alpha value is -1.85. The third kappa shape index (κ3) is 3.82. The third-order valence-corrected chi connectivity index (χ3v) is 4.30. The molecule has 0 unspecified atom stereocenters. The van der Waals surface area contributed by atoms with Crippen molar-refractivity contribution in [3.8, 4) is 5.75 Å². The first kappa shape index (κ1) is 14.6. The molecule has 0 bridgehead atoms. The highest BCUT2D eigenvalue weighted by Gasteiger charge is 2.13. The van der Waals surface area contributed by atoms with Gasteiger partial charge in [0.05, 0.1) is 12.0 Å². The molecule has 4 nitrogen and oxygen atoms in total. The summed E-state index contributed by atoms with van der Waals surface area (Å²) in [6, 6.07) is 16.8. The molecule has 105 valence electrons. The van der Waals surface area contributed by atoms with E-state index in [1.54, 1.807) is 18.2 Å². The van der Waals surface area contributed by atoms with Crippen LogP contribution in [0.3, 0.4) is 0 Å². The van der Waals surface area contributed by atoms with Gasteiger partial charge in [-0.3, -0.25) is 0 Å². The Kier molecular flexibility index (Phi) is 4.76. The molecule has 0 heterocycles. The van der Waals surface area contributed by atoms with Crippen LogP contribution in [0.15, 0.2) is 53.4 Å². The molecule has 5 heteroatoms. The third-order valence-electron chi connectivity index (χ3n) is 2.84. The molecule has 0 spiro atoms. The van der Waals surface area contributed by atoms with Crippen LogP contribution in [0.5, 0.6) is 5.75 Å². The molecule has 1 N–H and O–H groups in total. The highest BCUT2D eigenvalue weighted by molar-refractivity contribution is 7.89. The summed E-state index contributed by atoms with van der Waals surface area (Å²) in [5, 5.41) is 0. The molecule has 0 amide bonds. The molecule has 0 aliphatic carbocycles. The maximum absolute atomic E-state index is 12.1. The van der Waals surface area contributed by atoms with Crippen LogP contribution in [0.4, 0.5) is 0 Å². The van der Waals surface area contributed by atoms with Gasteiger partial charge >= 0.3 is 0 Å². The lowest BCUT2D eigenvalue weighted by molar-refractivity contribution is 0.413. The van der Waals surface area contributed by atoms with Gasteiger partial charge in [-0.1, -0.05) is 30.3 Å². The normalized spacial score (nSPS) is 11.2. The van der Waals surface area contributed by atoms with Crippen molar-refractivity contribution in [3.63, 3.8) is 0 Å². The SMILES string of the molecule is COc1cccc(S(=O)(=O)NCCc2cc[c]cc2)c1. The molecule has 1 radical (unpaired) electrons. The van der Waals surface area contributed by atoms with Crippen molar-refractivity contribution in [1.82, 2.24) is 4.72 Å². The molecule has 2 aromatic rings. The second-order valence-corrected chi connectivity index (χ2v) is 6.00. The Balaban J connectivity index is 2.00. The van der Waals surface area contributed by atoms with Crippen molar-refractivity contribution >= 4 is 10.0 Å². The molecule has 0 saturated heterocycles. The number of ether oxygens (including phenoxy) is 1. The highest BCUT2D eigenvalue weighted by Crippen LogP contribution is 2.16. The van der Waals surface area contributed by atoms with Crippen molar-refractivity contribution < 1.29 is 13.2 Å². The first-order valence-electron chi connectivity index (χ1n) is 6.20. The van der Waals surface area contributed by atoms with Gasteiger partial charge in [0.1, 0.15) is 5.75 Å². The van der Waals surface area contributed by atoms with Gasteiger partial charge in [-0.25, -0.2) is 13.1 Å². The summed E-state index contributed by atoms with van der Waals surface area (Å²) in [6.45, 7) is 0.351. The van der Waals surface area contributed by atoms with Crippen LogP contribution in [0, 0.1) is 6.07 Å². The summed E-state index contributed by atoms with van der Waals surface area (Å²) >= 11 is 0. The zero-order valence-electron chi connectivity index (χ0n) is 11.2. The van der Waals surface area contributed by atoms with E-state index in [1.165, 1.54) is 13.2 Å². The Morgan fingerprint density at radius 3 is 2.65 bits per heavy atom. The zero-order valence-corrected chi connectivity index (χ0v) is 12.0.